The van der Waals surface area contributed by atoms with E-state index in [1.165, 1.54) is 12.1 Å². The van der Waals surface area contributed by atoms with E-state index in [1.54, 1.807) is 12.1 Å². The summed E-state index contributed by atoms with van der Waals surface area (Å²) in [6.07, 6.45) is 1.33. The maximum Gasteiger partial charge on any atom is 0.165 e. The highest BCUT2D eigenvalue weighted by atomic mass is 35.5. The lowest BCUT2D eigenvalue weighted by molar-refractivity contribution is 0.0911. The second-order valence-electron chi connectivity index (χ2n) is 7.65. The molecule has 0 atom stereocenters. The van der Waals surface area contributed by atoms with Crippen LogP contribution in [0.5, 0.6) is 0 Å². The lowest BCUT2D eigenvalue weighted by atomic mass is 9.76. The number of ketones is 1. The van der Waals surface area contributed by atoms with Gasteiger partial charge in [-0.2, -0.15) is 0 Å². The van der Waals surface area contributed by atoms with Crippen LogP contribution in [0.15, 0.2) is 54.6 Å². The van der Waals surface area contributed by atoms with Crippen LogP contribution in [0, 0.1) is 11.2 Å². The molecule has 4 heteroatoms. The summed E-state index contributed by atoms with van der Waals surface area (Å²) in [5, 5.41) is 0.663. The molecule has 1 heterocycles. The number of hydrogen-bond acceptors (Lipinski definition) is 1. The summed E-state index contributed by atoms with van der Waals surface area (Å²) in [6.45, 7) is 4.22. The fraction of sp³-hybridized carbons (Fsp3) is 0.227. The van der Waals surface area contributed by atoms with Crippen molar-refractivity contribution >= 4 is 17.4 Å². The number of nitrogens with zero attached hydrogens (tertiary/aromatic N) is 1. The number of benzene rings is 2. The van der Waals surface area contributed by atoms with E-state index in [0.29, 0.717) is 11.4 Å². The van der Waals surface area contributed by atoms with Gasteiger partial charge in [0.1, 0.15) is 5.82 Å². The van der Waals surface area contributed by atoms with Gasteiger partial charge in [-0.05, 0) is 59.9 Å². The van der Waals surface area contributed by atoms with Crippen LogP contribution in [0.2, 0.25) is 5.02 Å². The second kappa shape index (κ2) is 6.10. The predicted octanol–water partition coefficient (Wildman–Crippen LogP) is 6.09. The zero-order valence-corrected chi connectivity index (χ0v) is 15.5. The SMILES string of the molecule is CC1(C)CC(=O)c2cc(-c3ccc(Cl)cc3)n(-c3ccc(F)cc3)c2C1. The molecule has 1 aromatic heterocycles. The van der Waals surface area contributed by atoms with Gasteiger partial charge < -0.3 is 4.57 Å². The van der Waals surface area contributed by atoms with E-state index in [-0.39, 0.29) is 17.0 Å². The van der Waals surface area contributed by atoms with Crippen molar-refractivity contribution < 1.29 is 9.18 Å². The van der Waals surface area contributed by atoms with Crippen LogP contribution < -0.4 is 0 Å². The van der Waals surface area contributed by atoms with Crippen LogP contribution in [0.1, 0.15) is 36.3 Å². The molecule has 0 saturated carbocycles. The number of rotatable bonds is 2. The Kier molecular flexibility index (Phi) is 4.00. The van der Waals surface area contributed by atoms with E-state index in [4.69, 9.17) is 11.6 Å². The van der Waals surface area contributed by atoms with E-state index in [9.17, 15) is 9.18 Å². The Morgan fingerprint density at radius 3 is 2.31 bits per heavy atom. The van der Waals surface area contributed by atoms with Crippen molar-refractivity contribution in [2.24, 2.45) is 5.41 Å². The summed E-state index contributed by atoms with van der Waals surface area (Å²) in [7, 11) is 0. The fourth-order valence-corrected chi connectivity index (χ4v) is 3.86. The van der Waals surface area contributed by atoms with Crippen LogP contribution in [0.3, 0.4) is 0 Å². The van der Waals surface area contributed by atoms with Crippen LogP contribution in [0.4, 0.5) is 4.39 Å². The number of carbonyl (C=O) groups is 1. The lowest BCUT2D eigenvalue weighted by Crippen LogP contribution is -2.27. The molecule has 1 aliphatic rings. The number of aromatic nitrogens is 1. The number of halogens is 2. The number of hydrogen-bond donors (Lipinski definition) is 0. The van der Waals surface area contributed by atoms with E-state index < -0.39 is 0 Å². The van der Waals surface area contributed by atoms with Crippen molar-refractivity contribution in [3.05, 3.63) is 76.7 Å². The summed E-state index contributed by atoms with van der Waals surface area (Å²) in [6, 6.07) is 15.9. The van der Waals surface area contributed by atoms with E-state index in [1.807, 2.05) is 30.3 Å². The topological polar surface area (TPSA) is 22.0 Å². The molecule has 1 aliphatic carbocycles. The quantitative estimate of drug-likeness (QED) is 0.537. The van der Waals surface area contributed by atoms with Gasteiger partial charge in [0.15, 0.2) is 5.78 Å². The second-order valence-corrected chi connectivity index (χ2v) is 8.09. The van der Waals surface area contributed by atoms with Crippen molar-refractivity contribution in [2.45, 2.75) is 26.7 Å². The number of carbonyl (C=O) groups excluding carboxylic acids is 1. The van der Waals surface area contributed by atoms with Gasteiger partial charge in [-0.1, -0.05) is 37.6 Å². The fourth-order valence-electron chi connectivity index (χ4n) is 3.73. The largest absolute Gasteiger partial charge is 0.313 e. The maximum absolute atomic E-state index is 13.4. The maximum atomic E-state index is 13.4. The van der Waals surface area contributed by atoms with Crippen LogP contribution in [-0.2, 0) is 6.42 Å². The van der Waals surface area contributed by atoms with Gasteiger partial charge in [-0.3, -0.25) is 4.79 Å². The predicted molar refractivity (Wildman–Crippen MR) is 103 cm³/mol. The molecule has 0 spiro atoms. The number of fused-ring (bicyclic) bond motifs is 1. The monoisotopic (exact) mass is 367 g/mol. The Balaban J connectivity index is 1.98. The van der Waals surface area contributed by atoms with Gasteiger partial charge in [0.25, 0.3) is 0 Å². The Morgan fingerprint density at radius 2 is 1.65 bits per heavy atom. The van der Waals surface area contributed by atoms with Crippen LogP contribution >= 0.6 is 11.6 Å². The van der Waals surface area contributed by atoms with Crippen molar-refractivity contribution in [1.82, 2.24) is 4.57 Å². The summed E-state index contributed by atoms with van der Waals surface area (Å²) in [5.74, 6) is -0.119. The Hall–Kier alpha value is -2.39. The summed E-state index contributed by atoms with van der Waals surface area (Å²) >= 11 is 6.03. The van der Waals surface area contributed by atoms with Crippen LogP contribution in [-0.4, -0.2) is 10.4 Å². The normalized spacial score (nSPS) is 15.8. The Labute approximate surface area is 157 Å². The van der Waals surface area contributed by atoms with Gasteiger partial charge in [-0.15, -0.1) is 0 Å². The van der Waals surface area contributed by atoms with E-state index in [0.717, 1.165) is 34.6 Å². The first-order valence-corrected chi connectivity index (χ1v) is 9.02. The zero-order valence-electron chi connectivity index (χ0n) is 14.7. The molecule has 2 aromatic carbocycles. The third-order valence-electron chi connectivity index (χ3n) is 4.91. The molecule has 3 aromatic rings. The molecule has 0 aliphatic heterocycles. The third-order valence-corrected chi connectivity index (χ3v) is 5.17. The minimum atomic E-state index is -0.278. The smallest absolute Gasteiger partial charge is 0.165 e. The highest BCUT2D eigenvalue weighted by Crippen LogP contribution is 2.40. The van der Waals surface area contributed by atoms with Gasteiger partial charge in [0, 0.05) is 28.4 Å². The van der Waals surface area contributed by atoms with E-state index >= 15 is 0 Å². The molecule has 26 heavy (non-hydrogen) atoms. The molecule has 4 rings (SSSR count). The molecule has 0 amide bonds. The first-order valence-electron chi connectivity index (χ1n) is 8.64. The van der Waals surface area contributed by atoms with Crippen molar-refractivity contribution in [1.29, 1.82) is 0 Å². The zero-order chi connectivity index (χ0) is 18.5. The van der Waals surface area contributed by atoms with Gasteiger partial charge in [-0.25, -0.2) is 4.39 Å². The molecule has 0 unspecified atom stereocenters. The minimum Gasteiger partial charge on any atom is -0.313 e. The standard InChI is InChI=1S/C22H19ClFNO/c1-22(2)12-20-18(21(26)13-22)11-19(14-3-5-15(23)6-4-14)25(20)17-9-7-16(24)8-10-17/h3-11H,12-13H2,1-2H3. The van der Waals surface area contributed by atoms with E-state index in [2.05, 4.69) is 18.4 Å². The van der Waals surface area contributed by atoms with Gasteiger partial charge in [0.2, 0.25) is 0 Å². The van der Waals surface area contributed by atoms with Gasteiger partial charge >= 0.3 is 0 Å². The molecular weight excluding hydrogens is 349 g/mol. The van der Waals surface area contributed by atoms with Crippen molar-refractivity contribution in [3.8, 4) is 16.9 Å². The average molecular weight is 368 g/mol. The average Bonchev–Trinajstić information content (AvgIpc) is 2.94. The molecule has 0 fully saturated rings. The molecular formula is C22H19ClFNO. The summed E-state index contributed by atoms with van der Waals surface area (Å²) in [5.41, 5.74) is 4.39. The summed E-state index contributed by atoms with van der Waals surface area (Å²) < 4.78 is 15.5. The first-order chi connectivity index (χ1) is 12.3. The molecule has 2 nitrogen and oxygen atoms in total. The summed E-state index contributed by atoms with van der Waals surface area (Å²) in [4.78, 5) is 12.7. The van der Waals surface area contributed by atoms with Crippen molar-refractivity contribution in [2.75, 3.05) is 0 Å². The highest BCUT2D eigenvalue weighted by molar-refractivity contribution is 6.30. The lowest BCUT2D eigenvalue weighted by Gasteiger charge is -2.30. The Bertz CT molecular complexity index is 984. The molecule has 0 N–H and O–H groups in total. The van der Waals surface area contributed by atoms with Gasteiger partial charge in [0.05, 0.1) is 5.69 Å². The molecule has 0 saturated heterocycles. The molecule has 0 radical (unpaired) electrons. The number of Topliss-reactive ketones (excluding diaryl/α,β-unsaturated/α-hetero) is 1. The van der Waals surface area contributed by atoms with Crippen LogP contribution in [0.25, 0.3) is 16.9 Å². The van der Waals surface area contributed by atoms with Crippen molar-refractivity contribution in [3.63, 3.8) is 0 Å². The highest BCUT2D eigenvalue weighted by Gasteiger charge is 2.34. The Morgan fingerprint density at radius 1 is 1.00 bits per heavy atom. The minimum absolute atomic E-state index is 0.0997. The first kappa shape index (κ1) is 17.0. The molecule has 132 valence electrons. The third kappa shape index (κ3) is 2.97. The molecule has 0 bridgehead atoms.